The van der Waals surface area contributed by atoms with E-state index in [4.69, 9.17) is 5.11 Å². The molecule has 0 bridgehead atoms. The van der Waals surface area contributed by atoms with E-state index < -0.39 is 12.3 Å². The highest BCUT2D eigenvalue weighted by Crippen LogP contribution is 2.13. The van der Waals surface area contributed by atoms with Gasteiger partial charge in [0.25, 0.3) is 0 Å². The van der Waals surface area contributed by atoms with Gasteiger partial charge in [0.15, 0.2) is 0 Å². The highest BCUT2D eigenvalue weighted by atomic mass is 19.1. The van der Waals surface area contributed by atoms with Crippen molar-refractivity contribution in [2.45, 2.75) is 38.7 Å². The molecule has 56 valence electrons. The zero-order chi connectivity index (χ0) is 7.33. The van der Waals surface area contributed by atoms with Crippen LogP contribution in [0.4, 0.5) is 4.39 Å². The Morgan fingerprint density at radius 1 is 1.56 bits per heavy atom. The molecule has 9 heavy (non-hydrogen) atoms. The number of rotatable bonds is 4. The summed E-state index contributed by atoms with van der Waals surface area (Å²) in [7, 11) is 0. The summed E-state index contributed by atoms with van der Waals surface area (Å²) in [6.07, 6.45) is 2.48. The molecule has 0 aromatic heterocycles. The molecule has 0 heterocycles. The monoisotopic (exact) mass is 134 g/mol. The second-order valence-corrected chi connectivity index (χ2v) is 2.73. The van der Waals surface area contributed by atoms with Gasteiger partial charge in [-0.05, 0) is 13.3 Å². The van der Waals surface area contributed by atoms with Crippen molar-refractivity contribution in [3.8, 4) is 0 Å². The quantitative estimate of drug-likeness (QED) is 0.622. The summed E-state index contributed by atoms with van der Waals surface area (Å²) in [6, 6.07) is 0. The maximum absolute atomic E-state index is 11.8. The van der Waals surface area contributed by atoms with Crippen LogP contribution in [0.25, 0.3) is 0 Å². The Balaban J connectivity index is 3.33. The Bertz CT molecular complexity index is 71.3. The van der Waals surface area contributed by atoms with Gasteiger partial charge < -0.3 is 5.11 Å². The van der Waals surface area contributed by atoms with Crippen LogP contribution < -0.4 is 0 Å². The largest absolute Gasteiger partial charge is 0.387 e. The molecule has 0 fully saturated rings. The van der Waals surface area contributed by atoms with E-state index in [1.54, 1.807) is 0 Å². The molecule has 0 radical (unpaired) electrons. The predicted molar refractivity (Wildman–Crippen MR) is 36.1 cm³/mol. The third-order valence-electron chi connectivity index (χ3n) is 1.36. The first-order valence-electron chi connectivity index (χ1n) is 3.41. The molecule has 0 saturated heterocycles. The lowest BCUT2D eigenvalue weighted by Gasteiger charge is -2.17. The van der Waals surface area contributed by atoms with Gasteiger partial charge in [0, 0.05) is 0 Å². The number of alkyl halides is 1. The van der Waals surface area contributed by atoms with E-state index in [1.807, 2.05) is 6.92 Å². The lowest BCUT2D eigenvalue weighted by molar-refractivity contribution is 0.0234. The van der Waals surface area contributed by atoms with Crippen LogP contribution in [0, 0.1) is 0 Å². The van der Waals surface area contributed by atoms with E-state index in [2.05, 4.69) is 0 Å². The zero-order valence-electron chi connectivity index (χ0n) is 6.15. The summed E-state index contributed by atoms with van der Waals surface area (Å²) in [5.74, 6) is 0. The zero-order valence-corrected chi connectivity index (χ0v) is 6.15. The summed E-state index contributed by atoms with van der Waals surface area (Å²) in [5.41, 5.74) is -1.07. The Morgan fingerprint density at radius 2 is 2.11 bits per heavy atom. The third-order valence-corrected chi connectivity index (χ3v) is 1.36. The molecular formula is C7H15FO. The molecule has 0 aliphatic heterocycles. The van der Waals surface area contributed by atoms with Crippen molar-refractivity contribution in [3.05, 3.63) is 0 Å². The molecule has 0 aliphatic rings. The Labute approximate surface area is 55.9 Å². The fourth-order valence-corrected chi connectivity index (χ4v) is 0.624. The van der Waals surface area contributed by atoms with Crippen molar-refractivity contribution in [2.75, 3.05) is 6.67 Å². The predicted octanol–water partition coefficient (Wildman–Crippen LogP) is 1.90. The summed E-state index contributed by atoms with van der Waals surface area (Å²) in [5, 5.41) is 9.08. The highest BCUT2D eigenvalue weighted by Gasteiger charge is 2.18. The topological polar surface area (TPSA) is 20.2 Å². The van der Waals surface area contributed by atoms with Gasteiger partial charge in [-0.15, -0.1) is 0 Å². The average Bonchev–Trinajstić information content (AvgIpc) is 1.84. The first-order valence-corrected chi connectivity index (χ1v) is 3.41. The third kappa shape index (κ3) is 4.40. The molecule has 0 spiro atoms. The average molecular weight is 134 g/mol. The summed E-state index contributed by atoms with van der Waals surface area (Å²) >= 11 is 0. The van der Waals surface area contributed by atoms with Gasteiger partial charge >= 0.3 is 0 Å². The maximum atomic E-state index is 11.8. The van der Waals surface area contributed by atoms with E-state index in [-0.39, 0.29) is 0 Å². The van der Waals surface area contributed by atoms with Gasteiger partial charge in [-0.3, -0.25) is 0 Å². The first-order chi connectivity index (χ1) is 4.12. The Hall–Kier alpha value is -0.110. The highest BCUT2D eigenvalue weighted by molar-refractivity contribution is 4.69. The van der Waals surface area contributed by atoms with Crippen molar-refractivity contribution < 1.29 is 9.50 Å². The normalized spacial score (nSPS) is 17.3. The number of aliphatic hydroxyl groups is 1. The minimum atomic E-state index is -1.07. The molecule has 1 unspecified atom stereocenters. The van der Waals surface area contributed by atoms with Crippen LogP contribution in [-0.4, -0.2) is 17.4 Å². The number of unbranched alkanes of at least 4 members (excludes halogenated alkanes) is 1. The van der Waals surface area contributed by atoms with E-state index in [1.165, 1.54) is 6.92 Å². The molecule has 0 rings (SSSR count). The maximum Gasteiger partial charge on any atom is 0.118 e. The van der Waals surface area contributed by atoms with Gasteiger partial charge in [-0.1, -0.05) is 19.8 Å². The van der Waals surface area contributed by atoms with Crippen molar-refractivity contribution in [1.82, 2.24) is 0 Å². The lowest BCUT2D eigenvalue weighted by atomic mass is 10.0. The summed E-state index contributed by atoms with van der Waals surface area (Å²) < 4.78 is 11.8. The number of halogens is 1. The standard InChI is InChI=1S/C7H15FO/c1-3-4-5-7(2,9)6-8/h9H,3-6H2,1-2H3. The summed E-state index contributed by atoms with van der Waals surface area (Å²) in [4.78, 5) is 0. The fourth-order valence-electron chi connectivity index (χ4n) is 0.624. The van der Waals surface area contributed by atoms with Crippen LogP contribution in [0.3, 0.4) is 0 Å². The van der Waals surface area contributed by atoms with Crippen LogP contribution in [0.5, 0.6) is 0 Å². The van der Waals surface area contributed by atoms with E-state index >= 15 is 0 Å². The Kier molecular flexibility index (Phi) is 3.78. The minimum Gasteiger partial charge on any atom is -0.387 e. The molecule has 1 N–H and O–H groups in total. The van der Waals surface area contributed by atoms with Gasteiger partial charge in [0.2, 0.25) is 0 Å². The number of hydrogen-bond donors (Lipinski definition) is 1. The van der Waals surface area contributed by atoms with Crippen molar-refractivity contribution >= 4 is 0 Å². The van der Waals surface area contributed by atoms with Crippen molar-refractivity contribution in [3.63, 3.8) is 0 Å². The Morgan fingerprint density at radius 3 is 2.44 bits per heavy atom. The van der Waals surface area contributed by atoms with Gasteiger partial charge in [0.1, 0.15) is 6.67 Å². The molecule has 1 atom stereocenters. The van der Waals surface area contributed by atoms with Crippen LogP contribution in [0.15, 0.2) is 0 Å². The minimum absolute atomic E-state index is 0.569. The second-order valence-electron chi connectivity index (χ2n) is 2.73. The molecule has 0 amide bonds. The van der Waals surface area contributed by atoms with Gasteiger partial charge in [0.05, 0.1) is 5.60 Å². The van der Waals surface area contributed by atoms with Crippen molar-refractivity contribution in [1.29, 1.82) is 0 Å². The molecule has 1 nitrogen and oxygen atoms in total. The van der Waals surface area contributed by atoms with Crippen molar-refractivity contribution in [2.24, 2.45) is 0 Å². The SMILES string of the molecule is CCCCC(C)(O)CF. The van der Waals surface area contributed by atoms with Crippen LogP contribution in [-0.2, 0) is 0 Å². The van der Waals surface area contributed by atoms with Crippen LogP contribution in [0.1, 0.15) is 33.1 Å². The van der Waals surface area contributed by atoms with E-state index in [0.29, 0.717) is 6.42 Å². The second kappa shape index (κ2) is 3.83. The lowest BCUT2D eigenvalue weighted by Crippen LogP contribution is -2.26. The smallest absolute Gasteiger partial charge is 0.118 e. The van der Waals surface area contributed by atoms with Crippen LogP contribution in [0.2, 0.25) is 0 Å². The fraction of sp³-hybridized carbons (Fsp3) is 1.00. The van der Waals surface area contributed by atoms with Gasteiger partial charge in [-0.2, -0.15) is 0 Å². The van der Waals surface area contributed by atoms with Crippen LogP contribution >= 0.6 is 0 Å². The summed E-state index contributed by atoms with van der Waals surface area (Å²) in [6.45, 7) is 2.92. The molecule has 2 heteroatoms. The molecule has 0 saturated carbocycles. The molecule has 0 aliphatic carbocycles. The molecular weight excluding hydrogens is 119 g/mol. The number of hydrogen-bond acceptors (Lipinski definition) is 1. The van der Waals surface area contributed by atoms with Gasteiger partial charge in [-0.25, -0.2) is 4.39 Å². The van der Waals surface area contributed by atoms with E-state index in [0.717, 1.165) is 12.8 Å². The molecule has 0 aromatic carbocycles. The molecule has 0 aromatic rings. The van der Waals surface area contributed by atoms with E-state index in [9.17, 15) is 4.39 Å². The first kappa shape index (κ1) is 8.89.